The molecule has 0 saturated carbocycles. The Morgan fingerprint density at radius 2 is 2.33 bits per heavy atom. The summed E-state index contributed by atoms with van der Waals surface area (Å²) < 4.78 is 1.91. The molecule has 0 aliphatic carbocycles. The summed E-state index contributed by atoms with van der Waals surface area (Å²) in [6, 6.07) is 3.69. The highest BCUT2D eigenvalue weighted by molar-refractivity contribution is 14.1. The molecule has 1 aromatic rings. The van der Waals surface area contributed by atoms with Crippen molar-refractivity contribution < 1.29 is 0 Å². The van der Waals surface area contributed by atoms with Gasteiger partial charge in [0.05, 0.1) is 11.7 Å². The van der Waals surface area contributed by atoms with E-state index in [1.165, 1.54) is 0 Å². The summed E-state index contributed by atoms with van der Waals surface area (Å²) >= 11 is 5.54. The predicted octanol–water partition coefficient (Wildman–Crippen LogP) is 2.63. The molecule has 4 heteroatoms. The number of nitrogens with zero attached hydrogens (tertiary/aromatic N) is 1. The molecule has 0 fully saturated rings. The van der Waals surface area contributed by atoms with Gasteiger partial charge in [-0.05, 0) is 50.7 Å². The van der Waals surface area contributed by atoms with Gasteiger partial charge in [-0.2, -0.15) is 0 Å². The van der Waals surface area contributed by atoms with Crippen molar-refractivity contribution in [2.45, 2.75) is 6.04 Å². The lowest BCUT2D eigenvalue weighted by atomic mass is 10.2. The Labute approximate surface area is 93.5 Å². The second kappa shape index (κ2) is 4.34. The van der Waals surface area contributed by atoms with E-state index in [1.807, 2.05) is 12.1 Å². The maximum Gasteiger partial charge on any atom is 0.119 e. The summed E-state index contributed by atoms with van der Waals surface area (Å²) in [4.78, 5) is 4.26. The van der Waals surface area contributed by atoms with Crippen molar-refractivity contribution in [3.05, 3.63) is 38.7 Å². The van der Waals surface area contributed by atoms with Crippen LogP contribution >= 0.6 is 38.5 Å². The largest absolute Gasteiger partial charge is 0.319 e. The number of halogens is 2. The Balaban J connectivity index is 3.04. The molecular weight excluding hydrogens is 331 g/mol. The van der Waals surface area contributed by atoms with Gasteiger partial charge >= 0.3 is 0 Å². The van der Waals surface area contributed by atoms with Gasteiger partial charge in [0, 0.05) is 3.57 Å². The molecule has 0 aromatic carbocycles. The molecule has 1 rings (SSSR count). The van der Waals surface area contributed by atoms with Crippen LogP contribution in [0.25, 0.3) is 0 Å². The molecule has 0 spiro atoms. The van der Waals surface area contributed by atoms with Gasteiger partial charge in [-0.3, -0.25) is 0 Å². The van der Waals surface area contributed by atoms with E-state index in [4.69, 9.17) is 5.73 Å². The zero-order valence-corrected chi connectivity index (χ0v) is 10.0. The molecular formula is C8H8BrIN2. The molecule has 0 aliphatic heterocycles. The first-order chi connectivity index (χ1) is 5.65. The third-order valence-corrected chi connectivity index (χ3v) is 3.64. The van der Waals surface area contributed by atoms with Crippen LogP contribution in [0.5, 0.6) is 0 Å². The number of hydrogen-bond donors (Lipinski definition) is 1. The van der Waals surface area contributed by atoms with Crippen LogP contribution in [0.1, 0.15) is 11.7 Å². The summed E-state index contributed by atoms with van der Waals surface area (Å²) in [7, 11) is 0. The van der Waals surface area contributed by atoms with E-state index in [9.17, 15) is 0 Å². The van der Waals surface area contributed by atoms with Gasteiger partial charge < -0.3 is 5.73 Å². The highest BCUT2D eigenvalue weighted by Gasteiger charge is 2.04. The summed E-state index contributed by atoms with van der Waals surface area (Å²) in [6.45, 7) is 3.61. The summed E-state index contributed by atoms with van der Waals surface area (Å²) in [5, 5.41) is 0. The van der Waals surface area contributed by atoms with Gasteiger partial charge in [-0.15, -0.1) is 6.58 Å². The van der Waals surface area contributed by atoms with E-state index in [1.54, 1.807) is 6.08 Å². The predicted molar refractivity (Wildman–Crippen MR) is 61.8 cm³/mol. The minimum Gasteiger partial charge on any atom is -0.319 e. The van der Waals surface area contributed by atoms with Crippen molar-refractivity contribution in [2.24, 2.45) is 5.73 Å². The maximum atomic E-state index is 5.71. The van der Waals surface area contributed by atoms with Crippen LogP contribution in [0.2, 0.25) is 0 Å². The van der Waals surface area contributed by atoms with Crippen molar-refractivity contribution in [3.63, 3.8) is 0 Å². The zero-order chi connectivity index (χ0) is 9.14. The number of pyridine rings is 1. The number of aromatic nitrogens is 1. The normalized spacial score (nSPS) is 12.6. The lowest BCUT2D eigenvalue weighted by molar-refractivity contribution is 0.857. The molecule has 12 heavy (non-hydrogen) atoms. The molecule has 0 amide bonds. The third-order valence-electron chi connectivity index (χ3n) is 1.42. The minimum atomic E-state index is -0.182. The fourth-order valence-electron chi connectivity index (χ4n) is 0.738. The zero-order valence-electron chi connectivity index (χ0n) is 6.30. The molecule has 1 heterocycles. The fraction of sp³-hybridized carbons (Fsp3) is 0.125. The molecule has 1 unspecified atom stereocenters. The fourth-order valence-corrected chi connectivity index (χ4v) is 1.38. The van der Waals surface area contributed by atoms with Crippen molar-refractivity contribution >= 4 is 38.5 Å². The van der Waals surface area contributed by atoms with Crippen LogP contribution in [0.4, 0.5) is 0 Å². The molecule has 2 nitrogen and oxygen atoms in total. The van der Waals surface area contributed by atoms with Crippen LogP contribution < -0.4 is 5.73 Å². The van der Waals surface area contributed by atoms with Crippen molar-refractivity contribution in [2.75, 3.05) is 0 Å². The highest BCUT2D eigenvalue weighted by atomic mass is 127. The quantitative estimate of drug-likeness (QED) is 0.511. The van der Waals surface area contributed by atoms with Crippen molar-refractivity contribution in [3.8, 4) is 0 Å². The Morgan fingerprint density at radius 3 is 2.83 bits per heavy atom. The lowest BCUT2D eigenvalue weighted by Gasteiger charge is -2.05. The van der Waals surface area contributed by atoms with Gasteiger partial charge in [0.1, 0.15) is 4.60 Å². The van der Waals surface area contributed by atoms with Gasteiger partial charge in [-0.25, -0.2) is 4.98 Å². The topological polar surface area (TPSA) is 38.9 Å². The number of rotatable bonds is 2. The molecule has 1 aromatic heterocycles. The van der Waals surface area contributed by atoms with Gasteiger partial charge in [-0.1, -0.05) is 6.08 Å². The molecule has 2 N–H and O–H groups in total. The summed E-state index contributed by atoms with van der Waals surface area (Å²) in [5.41, 5.74) is 6.54. The Morgan fingerprint density at radius 1 is 1.67 bits per heavy atom. The van der Waals surface area contributed by atoms with Crippen LogP contribution in [0.3, 0.4) is 0 Å². The van der Waals surface area contributed by atoms with Crippen molar-refractivity contribution in [1.29, 1.82) is 0 Å². The first-order valence-corrected chi connectivity index (χ1v) is 5.22. The number of hydrogen-bond acceptors (Lipinski definition) is 2. The molecule has 0 aliphatic rings. The second-order valence-corrected chi connectivity index (χ2v) is 4.18. The number of nitrogens with two attached hydrogens (primary N) is 1. The monoisotopic (exact) mass is 338 g/mol. The Kier molecular flexibility index (Phi) is 3.67. The molecule has 1 atom stereocenters. The smallest absolute Gasteiger partial charge is 0.119 e. The Hall–Kier alpha value is 0.0600. The average molecular weight is 339 g/mol. The van der Waals surface area contributed by atoms with Crippen LogP contribution in [0.15, 0.2) is 29.4 Å². The van der Waals surface area contributed by atoms with Gasteiger partial charge in [0.15, 0.2) is 0 Å². The first kappa shape index (κ1) is 10.1. The maximum absolute atomic E-state index is 5.71. The van der Waals surface area contributed by atoms with Crippen LogP contribution in [-0.4, -0.2) is 4.98 Å². The molecule has 0 bridgehead atoms. The average Bonchev–Trinajstić information content (AvgIpc) is 2.08. The minimum absolute atomic E-state index is 0.182. The summed E-state index contributed by atoms with van der Waals surface area (Å²) in [5.74, 6) is 0. The van der Waals surface area contributed by atoms with E-state index < -0.39 is 0 Å². The SMILES string of the molecule is C=CC(N)c1ccc(I)c(Br)n1. The van der Waals surface area contributed by atoms with Crippen LogP contribution in [0, 0.1) is 3.57 Å². The highest BCUT2D eigenvalue weighted by Crippen LogP contribution is 2.19. The molecule has 64 valence electrons. The van der Waals surface area contributed by atoms with E-state index >= 15 is 0 Å². The van der Waals surface area contributed by atoms with Gasteiger partial charge in [0.25, 0.3) is 0 Å². The Bertz CT molecular complexity index is 301. The van der Waals surface area contributed by atoms with E-state index in [0.717, 1.165) is 13.9 Å². The molecule has 0 saturated heterocycles. The van der Waals surface area contributed by atoms with Crippen LogP contribution in [-0.2, 0) is 0 Å². The first-order valence-electron chi connectivity index (χ1n) is 3.35. The summed E-state index contributed by atoms with van der Waals surface area (Å²) in [6.07, 6.45) is 1.67. The second-order valence-electron chi connectivity index (χ2n) is 2.27. The van der Waals surface area contributed by atoms with Crippen molar-refractivity contribution in [1.82, 2.24) is 4.98 Å². The van der Waals surface area contributed by atoms with Gasteiger partial charge in [0.2, 0.25) is 0 Å². The van der Waals surface area contributed by atoms with E-state index in [-0.39, 0.29) is 6.04 Å². The molecule has 0 radical (unpaired) electrons. The van der Waals surface area contributed by atoms with E-state index in [2.05, 4.69) is 50.1 Å². The standard InChI is InChI=1S/C8H8BrIN2/c1-2-6(11)7-4-3-5(10)8(9)12-7/h2-4,6H,1,11H2. The van der Waals surface area contributed by atoms with E-state index in [0.29, 0.717) is 0 Å². The lowest BCUT2D eigenvalue weighted by Crippen LogP contribution is -2.08. The third kappa shape index (κ3) is 2.27.